The van der Waals surface area contributed by atoms with E-state index in [1.807, 2.05) is 12.1 Å². The minimum Gasteiger partial charge on any atom is -0.394 e. The van der Waals surface area contributed by atoms with Gasteiger partial charge in [-0.3, -0.25) is 4.79 Å². The van der Waals surface area contributed by atoms with Gasteiger partial charge < -0.3 is 29.9 Å². The van der Waals surface area contributed by atoms with Crippen LogP contribution in [-0.2, 0) is 33.7 Å². The molecule has 33 heavy (non-hydrogen) atoms. The Kier molecular flexibility index (Phi) is 9.01. The second-order valence-corrected chi connectivity index (χ2v) is 8.84. The highest BCUT2D eigenvalue weighted by molar-refractivity contribution is 6.31. The van der Waals surface area contributed by atoms with Crippen molar-refractivity contribution in [3.8, 4) is 0 Å². The van der Waals surface area contributed by atoms with Crippen LogP contribution in [0.2, 0.25) is 5.02 Å². The first-order chi connectivity index (χ1) is 15.7. The van der Waals surface area contributed by atoms with E-state index in [4.69, 9.17) is 21.1 Å². The van der Waals surface area contributed by atoms with Gasteiger partial charge in [-0.25, -0.2) is 0 Å². The molecule has 0 amide bonds. The van der Waals surface area contributed by atoms with Crippen molar-refractivity contribution >= 4 is 17.4 Å². The highest BCUT2D eigenvalue weighted by Gasteiger charge is 2.44. The molecule has 0 saturated carbocycles. The van der Waals surface area contributed by atoms with Crippen LogP contribution < -0.4 is 0 Å². The first-order valence-corrected chi connectivity index (χ1v) is 11.4. The third kappa shape index (κ3) is 6.19. The van der Waals surface area contributed by atoms with Crippen molar-refractivity contribution < 1.29 is 34.7 Å². The largest absolute Gasteiger partial charge is 0.394 e. The Morgan fingerprint density at radius 2 is 1.70 bits per heavy atom. The number of benzene rings is 2. The molecule has 2 aromatic rings. The predicted octanol–water partition coefficient (Wildman–Crippen LogP) is 2.11. The van der Waals surface area contributed by atoms with Gasteiger partial charge in [0.2, 0.25) is 0 Å². The molecule has 0 bridgehead atoms. The Balaban J connectivity index is 1.98. The molecular formula is C25H31ClO7. The maximum Gasteiger partial charge on any atom is 0.155 e. The fourth-order valence-corrected chi connectivity index (χ4v) is 4.23. The SMILES string of the molecule is CCc1ccc(Cc2cc([C@@H]3O[C@H](CO)[C@@H](O)[C@H](O)[C@@H]3O)c(COCC(C)=O)cc2Cl)cc1. The number of carbonyl (C=O) groups is 1. The molecule has 5 atom stereocenters. The zero-order chi connectivity index (χ0) is 24.1. The summed E-state index contributed by atoms with van der Waals surface area (Å²) in [5.74, 6) is -0.136. The van der Waals surface area contributed by atoms with Gasteiger partial charge in [-0.1, -0.05) is 48.9 Å². The van der Waals surface area contributed by atoms with E-state index in [2.05, 4.69) is 19.1 Å². The average Bonchev–Trinajstić information content (AvgIpc) is 2.80. The van der Waals surface area contributed by atoms with Crippen LogP contribution in [0.3, 0.4) is 0 Å². The van der Waals surface area contributed by atoms with Crippen LogP contribution >= 0.6 is 11.6 Å². The van der Waals surface area contributed by atoms with Gasteiger partial charge in [0.15, 0.2) is 5.78 Å². The number of aliphatic hydroxyl groups is 4. The van der Waals surface area contributed by atoms with Gasteiger partial charge in [0.1, 0.15) is 37.1 Å². The van der Waals surface area contributed by atoms with Crippen molar-refractivity contribution in [2.75, 3.05) is 13.2 Å². The number of Topliss-reactive ketones (excluding diaryl/α,β-unsaturated/α-hetero) is 1. The van der Waals surface area contributed by atoms with E-state index in [9.17, 15) is 25.2 Å². The van der Waals surface area contributed by atoms with E-state index >= 15 is 0 Å². The van der Waals surface area contributed by atoms with Crippen molar-refractivity contribution in [1.29, 1.82) is 0 Å². The Morgan fingerprint density at radius 3 is 2.30 bits per heavy atom. The van der Waals surface area contributed by atoms with E-state index in [0.29, 0.717) is 22.6 Å². The number of aryl methyl sites for hydroxylation is 1. The Bertz CT molecular complexity index is 945. The minimum absolute atomic E-state index is 0.0368. The van der Waals surface area contributed by atoms with E-state index in [1.165, 1.54) is 12.5 Å². The Hall–Kier alpha value is -1.84. The number of hydrogen-bond donors (Lipinski definition) is 4. The van der Waals surface area contributed by atoms with Crippen LogP contribution in [0, 0.1) is 0 Å². The number of ketones is 1. The van der Waals surface area contributed by atoms with Crippen LogP contribution in [0.25, 0.3) is 0 Å². The number of hydrogen-bond acceptors (Lipinski definition) is 7. The van der Waals surface area contributed by atoms with Gasteiger partial charge in [-0.2, -0.15) is 0 Å². The molecule has 180 valence electrons. The second kappa shape index (κ2) is 11.5. The molecule has 3 rings (SSSR count). The lowest BCUT2D eigenvalue weighted by Crippen LogP contribution is -2.55. The molecule has 2 aromatic carbocycles. The highest BCUT2D eigenvalue weighted by Crippen LogP contribution is 2.37. The Morgan fingerprint density at radius 1 is 1.03 bits per heavy atom. The van der Waals surface area contributed by atoms with Gasteiger partial charge in [0.25, 0.3) is 0 Å². The topological polar surface area (TPSA) is 116 Å². The van der Waals surface area contributed by atoms with Gasteiger partial charge in [0, 0.05) is 5.02 Å². The van der Waals surface area contributed by atoms with Crippen molar-refractivity contribution in [2.45, 2.75) is 63.8 Å². The summed E-state index contributed by atoms with van der Waals surface area (Å²) in [4.78, 5) is 11.3. The summed E-state index contributed by atoms with van der Waals surface area (Å²) in [5, 5.41) is 41.2. The van der Waals surface area contributed by atoms with Gasteiger partial charge in [-0.15, -0.1) is 0 Å². The zero-order valence-corrected chi connectivity index (χ0v) is 19.5. The zero-order valence-electron chi connectivity index (χ0n) is 18.8. The molecule has 0 unspecified atom stereocenters. The maximum absolute atomic E-state index is 11.3. The van der Waals surface area contributed by atoms with Crippen LogP contribution in [0.4, 0.5) is 0 Å². The Labute approximate surface area is 198 Å². The monoisotopic (exact) mass is 478 g/mol. The molecule has 7 nitrogen and oxygen atoms in total. The molecule has 1 aliphatic heterocycles. The lowest BCUT2D eigenvalue weighted by molar-refractivity contribution is -0.232. The fourth-order valence-electron chi connectivity index (χ4n) is 3.98. The summed E-state index contributed by atoms with van der Waals surface area (Å²) in [6, 6.07) is 11.7. The molecular weight excluding hydrogens is 448 g/mol. The fraction of sp³-hybridized carbons (Fsp3) is 0.480. The predicted molar refractivity (Wildman–Crippen MR) is 123 cm³/mol. The molecule has 1 aliphatic rings. The minimum atomic E-state index is -1.51. The molecule has 1 fully saturated rings. The van der Waals surface area contributed by atoms with Crippen molar-refractivity contribution in [1.82, 2.24) is 0 Å². The van der Waals surface area contributed by atoms with E-state index in [1.54, 1.807) is 12.1 Å². The number of aliphatic hydroxyl groups excluding tert-OH is 4. The molecule has 8 heteroatoms. The molecule has 4 N–H and O–H groups in total. The summed E-state index contributed by atoms with van der Waals surface area (Å²) in [7, 11) is 0. The molecule has 0 aliphatic carbocycles. The highest BCUT2D eigenvalue weighted by atomic mass is 35.5. The van der Waals surface area contributed by atoms with E-state index in [0.717, 1.165) is 17.5 Å². The quantitative estimate of drug-likeness (QED) is 0.436. The van der Waals surface area contributed by atoms with Crippen LogP contribution in [0.5, 0.6) is 0 Å². The molecule has 1 heterocycles. The summed E-state index contributed by atoms with van der Waals surface area (Å²) >= 11 is 6.58. The average molecular weight is 479 g/mol. The van der Waals surface area contributed by atoms with Gasteiger partial charge in [0.05, 0.1) is 13.2 Å². The standard InChI is InChI=1S/C25H31ClO7/c1-3-15-4-6-16(7-5-15)8-17-9-19(18(10-20(17)26)13-32-12-14(2)28)25-24(31)23(30)22(29)21(11-27)33-25/h4-7,9-10,21-25,27,29-31H,3,8,11-13H2,1-2H3/t21-,22-,23+,24+,25+/m1/s1. The first-order valence-electron chi connectivity index (χ1n) is 11.0. The lowest BCUT2D eigenvalue weighted by atomic mass is 9.87. The smallest absolute Gasteiger partial charge is 0.155 e. The van der Waals surface area contributed by atoms with Crippen molar-refractivity contribution in [2.24, 2.45) is 0 Å². The number of carbonyl (C=O) groups excluding carboxylic acids is 1. The number of halogens is 1. The number of ether oxygens (including phenoxy) is 2. The lowest BCUT2D eigenvalue weighted by Gasteiger charge is -2.41. The molecule has 0 aromatic heterocycles. The first kappa shape index (κ1) is 25.8. The van der Waals surface area contributed by atoms with E-state index < -0.39 is 37.1 Å². The molecule has 0 radical (unpaired) electrons. The number of rotatable bonds is 9. The van der Waals surface area contributed by atoms with Crippen LogP contribution in [0.1, 0.15) is 47.8 Å². The third-order valence-electron chi connectivity index (χ3n) is 5.90. The normalized spacial score (nSPS) is 25.2. The van der Waals surface area contributed by atoms with Crippen molar-refractivity contribution in [3.05, 3.63) is 69.2 Å². The maximum atomic E-state index is 11.3. The van der Waals surface area contributed by atoms with Gasteiger partial charge in [-0.05, 0) is 53.6 Å². The second-order valence-electron chi connectivity index (χ2n) is 8.43. The summed E-state index contributed by atoms with van der Waals surface area (Å²) in [5.41, 5.74) is 4.15. The van der Waals surface area contributed by atoms with E-state index in [-0.39, 0.29) is 19.0 Å². The van der Waals surface area contributed by atoms with Crippen LogP contribution in [-0.4, -0.2) is 63.8 Å². The third-order valence-corrected chi connectivity index (χ3v) is 6.25. The van der Waals surface area contributed by atoms with Gasteiger partial charge >= 0.3 is 0 Å². The van der Waals surface area contributed by atoms with Crippen molar-refractivity contribution in [3.63, 3.8) is 0 Å². The van der Waals surface area contributed by atoms with Crippen LogP contribution in [0.15, 0.2) is 36.4 Å². The summed E-state index contributed by atoms with van der Waals surface area (Å²) in [6.07, 6.45) is -5.00. The summed E-state index contributed by atoms with van der Waals surface area (Å²) in [6.45, 7) is 2.93. The molecule has 0 spiro atoms. The molecule has 1 saturated heterocycles. The summed E-state index contributed by atoms with van der Waals surface area (Å²) < 4.78 is 11.3.